The summed E-state index contributed by atoms with van der Waals surface area (Å²) < 4.78 is 34.9. The Labute approximate surface area is 188 Å². The first-order valence-corrected chi connectivity index (χ1v) is 12.3. The summed E-state index contributed by atoms with van der Waals surface area (Å²) in [6, 6.07) is 13.4. The lowest BCUT2D eigenvalue weighted by Gasteiger charge is -2.38. The average molecular weight is 467 g/mol. The predicted molar refractivity (Wildman–Crippen MR) is 124 cm³/mol. The van der Waals surface area contributed by atoms with E-state index in [0.717, 1.165) is 12.8 Å². The Kier molecular flexibility index (Phi) is 7.47. The van der Waals surface area contributed by atoms with Crippen LogP contribution in [0.5, 0.6) is 0 Å². The van der Waals surface area contributed by atoms with Gasteiger partial charge in [-0.2, -0.15) is 0 Å². The first-order valence-electron chi connectivity index (χ1n) is 9.99. The molecule has 7 nitrogen and oxygen atoms in total. The maximum absolute atomic E-state index is 14.7. The number of hydrogen-bond donors (Lipinski definition) is 5. The van der Waals surface area contributed by atoms with Crippen LogP contribution in [0.25, 0.3) is 0 Å². The molecule has 168 valence electrons. The number of thiol groups is 2. The molecule has 3 amide bonds. The molecule has 2 aromatic carbocycles. The minimum absolute atomic E-state index is 0.0895. The highest BCUT2D eigenvalue weighted by Crippen LogP contribution is 2.27. The minimum atomic E-state index is -3.14. The summed E-state index contributed by atoms with van der Waals surface area (Å²) in [5, 5.41) is 2.69. The van der Waals surface area contributed by atoms with Crippen LogP contribution in [0.15, 0.2) is 54.6 Å². The first kappa shape index (κ1) is 23.4. The molecular formula is C21H27FN4O3S2. The standard InChI is InChI=1S/C21H27FN4O3S2/c1-21(17-11-5-6-12-18(17)22,15-31(29)23-13-7-8-14-24-31)25-20(28)26(30)19(27)16-9-3-2-4-10-16/h2-6,9-12,30-31H,7-8,13-15H2,1H3,(H,25,28)(H2,23,24,29)/t21-/m0/s1. The number of imide groups is 1. The monoisotopic (exact) mass is 466 g/mol. The van der Waals surface area contributed by atoms with E-state index in [0.29, 0.717) is 17.4 Å². The Morgan fingerprint density at radius 1 is 1.10 bits per heavy atom. The number of hydrogen-bond acceptors (Lipinski definition) is 4. The molecule has 3 rings (SSSR count). The molecule has 1 heterocycles. The number of amides is 3. The summed E-state index contributed by atoms with van der Waals surface area (Å²) >= 11 is 4.06. The summed E-state index contributed by atoms with van der Waals surface area (Å²) in [6.07, 6.45) is 1.71. The average Bonchev–Trinajstić information content (AvgIpc) is 2.97. The van der Waals surface area contributed by atoms with Gasteiger partial charge in [-0.3, -0.25) is 9.00 Å². The molecule has 0 aromatic heterocycles. The quantitative estimate of drug-likeness (QED) is 0.439. The van der Waals surface area contributed by atoms with Gasteiger partial charge in [0, 0.05) is 24.2 Å². The van der Waals surface area contributed by atoms with Gasteiger partial charge in [0.15, 0.2) is 0 Å². The minimum Gasteiger partial charge on any atom is -0.327 e. The maximum Gasteiger partial charge on any atom is 0.335 e. The molecule has 0 bridgehead atoms. The molecule has 1 aliphatic heterocycles. The largest absolute Gasteiger partial charge is 0.335 e. The summed E-state index contributed by atoms with van der Waals surface area (Å²) in [7, 11) is -3.14. The van der Waals surface area contributed by atoms with Crippen molar-refractivity contribution in [2.75, 3.05) is 18.8 Å². The van der Waals surface area contributed by atoms with Gasteiger partial charge in [0.2, 0.25) is 0 Å². The fraction of sp³-hybridized carbons (Fsp3) is 0.333. The molecule has 31 heavy (non-hydrogen) atoms. The van der Waals surface area contributed by atoms with E-state index in [9.17, 15) is 18.2 Å². The first-order chi connectivity index (χ1) is 14.7. The zero-order chi connectivity index (χ0) is 22.5. The molecule has 0 spiro atoms. The van der Waals surface area contributed by atoms with Crippen LogP contribution in [0.4, 0.5) is 9.18 Å². The number of halogens is 1. The Balaban J connectivity index is 1.89. The molecule has 0 aliphatic carbocycles. The van der Waals surface area contributed by atoms with Crippen molar-refractivity contribution in [3.05, 3.63) is 71.5 Å². The lowest BCUT2D eigenvalue weighted by atomic mass is 9.93. The van der Waals surface area contributed by atoms with Crippen molar-refractivity contribution < 1.29 is 18.2 Å². The van der Waals surface area contributed by atoms with Crippen molar-refractivity contribution in [1.29, 1.82) is 0 Å². The number of carbonyl (C=O) groups excluding carboxylic acids is 2. The number of nitrogens with zero attached hydrogens (tertiary/aromatic N) is 1. The fourth-order valence-electron chi connectivity index (χ4n) is 3.57. The van der Waals surface area contributed by atoms with Gasteiger partial charge >= 0.3 is 6.03 Å². The number of rotatable bonds is 5. The van der Waals surface area contributed by atoms with Crippen molar-refractivity contribution in [1.82, 2.24) is 19.1 Å². The molecule has 1 aliphatic rings. The topological polar surface area (TPSA) is 90.5 Å². The van der Waals surface area contributed by atoms with Crippen LogP contribution >= 0.6 is 12.8 Å². The second kappa shape index (κ2) is 9.90. The smallest absolute Gasteiger partial charge is 0.327 e. The Hall–Kier alpha value is -2.27. The predicted octanol–water partition coefficient (Wildman–Crippen LogP) is 2.56. The van der Waals surface area contributed by atoms with Crippen LogP contribution in [0.2, 0.25) is 0 Å². The van der Waals surface area contributed by atoms with Crippen LogP contribution in [0.3, 0.4) is 0 Å². The van der Waals surface area contributed by atoms with E-state index in [-0.39, 0.29) is 16.9 Å². The van der Waals surface area contributed by atoms with Crippen molar-refractivity contribution in [2.24, 2.45) is 0 Å². The van der Waals surface area contributed by atoms with Crippen molar-refractivity contribution in [2.45, 2.75) is 25.3 Å². The zero-order valence-electron chi connectivity index (χ0n) is 17.2. The van der Waals surface area contributed by atoms with Gasteiger partial charge in [0.1, 0.15) is 5.82 Å². The molecule has 1 saturated heterocycles. The molecule has 10 heteroatoms. The molecule has 1 fully saturated rings. The highest BCUT2D eigenvalue weighted by molar-refractivity contribution is 7.99. The third-order valence-corrected chi connectivity index (χ3v) is 8.04. The van der Waals surface area contributed by atoms with E-state index in [4.69, 9.17) is 0 Å². The van der Waals surface area contributed by atoms with E-state index >= 15 is 0 Å². The number of carbonyl (C=O) groups is 2. The molecule has 0 saturated carbocycles. The van der Waals surface area contributed by atoms with Crippen LogP contribution in [-0.4, -0.2) is 39.3 Å². The molecule has 2 aromatic rings. The number of benzene rings is 2. The van der Waals surface area contributed by atoms with Gasteiger partial charge in [-0.25, -0.2) is 22.9 Å². The molecular weight excluding hydrogens is 439 g/mol. The third kappa shape index (κ3) is 5.70. The van der Waals surface area contributed by atoms with Gasteiger partial charge in [0.05, 0.1) is 11.3 Å². The highest BCUT2D eigenvalue weighted by Gasteiger charge is 2.38. The highest BCUT2D eigenvalue weighted by atomic mass is 32.3. The molecule has 3 N–H and O–H groups in total. The van der Waals surface area contributed by atoms with E-state index in [1.165, 1.54) is 18.2 Å². The Bertz CT molecular complexity index is 980. The van der Waals surface area contributed by atoms with Gasteiger partial charge in [0.25, 0.3) is 5.91 Å². The van der Waals surface area contributed by atoms with Crippen molar-refractivity contribution >= 4 is 35.1 Å². The Morgan fingerprint density at radius 3 is 2.29 bits per heavy atom. The lowest BCUT2D eigenvalue weighted by molar-refractivity contribution is 0.0892. The fourth-order valence-corrected chi connectivity index (χ4v) is 6.25. The summed E-state index contributed by atoms with van der Waals surface area (Å²) in [4.78, 5) is 25.5. The van der Waals surface area contributed by atoms with Crippen molar-refractivity contribution in [3.8, 4) is 0 Å². The molecule has 0 radical (unpaired) electrons. The zero-order valence-corrected chi connectivity index (χ0v) is 19.0. The van der Waals surface area contributed by atoms with Gasteiger partial charge in [-0.15, -0.1) is 0 Å². The summed E-state index contributed by atoms with van der Waals surface area (Å²) in [6.45, 7) is 2.69. The van der Waals surface area contributed by atoms with E-state index in [1.807, 2.05) is 0 Å². The van der Waals surface area contributed by atoms with Gasteiger partial charge in [-0.05, 0) is 48.3 Å². The van der Waals surface area contributed by atoms with Crippen LogP contribution in [0, 0.1) is 5.82 Å². The van der Waals surface area contributed by atoms with Crippen molar-refractivity contribution in [3.63, 3.8) is 0 Å². The molecule has 1 atom stereocenters. The SMILES string of the molecule is C[C@@](C[SH]1(=O)NCCCCN1)(NC(=O)N(S)C(=O)c1ccccc1)c1ccccc1F. The Morgan fingerprint density at radius 2 is 1.68 bits per heavy atom. The lowest BCUT2D eigenvalue weighted by Crippen LogP contribution is -2.58. The van der Waals surface area contributed by atoms with Crippen LogP contribution in [0.1, 0.15) is 35.7 Å². The molecule has 0 unspecified atom stereocenters. The van der Waals surface area contributed by atoms with Crippen LogP contribution in [-0.2, 0) is 15.8 Å². The van der Waals surface area contributed by atoms with E-state index < -0.39 is 33.6 Å². The van der Waals surface area contributed by atoms with E-state index in [2.05, 4.69) is 27.6 Å². The van der Waals surface area contributed by atoms with E-state index in [1.54, 1.807) is 43.3 Å². The van der Waals surface area contributed by atoms with Gasteiger partial charge < -0.3 is 5.32 Å². The number of urea groups is 1. The third-order valence-electron chi connectivity index (χ3n) is 5.13. The summed E-state index contributed by atoms with van der Waals surface area (Å²) in [5.74, 6) is -1.27. The van der Waals surface area contributed by atoms with Gasteiger partial charge in [-0.1, -0.05) is 49.2 Å². The van der Waals surface area contributed by atoms with Crippen LogP contribution < -0.4 is 14.8 Å². The second-order valence-electron chi connectivity index (χ2n) is 7.65. The second-order valence-corrected chi connectivity index (χ2v) is 10.5. The normalized spacial score (nSPS) is 18.8. The number of nitrogens with one attached hydrogen (secondary N) is 3. The maximum atomic E-state index is 14.7. The summed E-state index contributed by atoms with van der Waals surface area (Å²) in [5.41, 5.74) is -0.930.